The molecule has 2 aromatic heterocycles. The Morgan fingerprint density at radius 1 is 1.29 bits per heavy atom. The summed E-state index contributed by atoms with van der Waals surface area (Å²) in [6, 6.07) is 6.14. The zero-order valence-electron chi connectivity index (χ0n) is 17.4. The van der Waals surface area contributed by atoms with Gasteiger partial charge in [0.1, 0.15) is 6.61 Å². The van der Waals surface area contributed by atoms with Gasteiger partial charge in [0.15, 0.2) is 5.78 Å². The molecular weight excluding hydrogens is 430 g/mol. The predicted octanol–water partition coefficient (Wildman–Crippen LogP) is 4.89. The molecule has 3 aliphatic rings. The third-order valence-electron chi connectivity index (χ3n) is 6.29. The molecule has 1 aliphatic carbocycles. The van der Waals surface area contributed by atoms with E-state index in [0.29, 0.717) is 12.0 Å². The van der Waals surface area contributed by atoms with Crippen molar-refractivity contribution in [2.24, 2.45) is 0 Å². The van der Waals surface area contributed by atoms with Gasteiger partial charge in [0.25, 0.3) is 0 Å². The Bertz CT molecular complexity index is 1030. The number of nitrogens with one attached hydrogen (secondary N) is 1. The molecule has 0 amide bonds. The van der Waals surface area contributed by atoms with Crippen LogP contribution in [0.2, 0.25) is 0 Å². The summed E-state index contributed by atoms with van der Waals surface area (Å²) in [6.07, 6.45) is 3.13. The highest BCUT2D eigenvalue weighted by Gasteiger charge is 2.41. The van der Waals surface area contributed by atoms with E-state index < -0.39 is 0 Å². The molecule has 4 heterocycles. The topological polar surface area (TPSA) is 64.6 Å². The lowest BCUT2D eigenvalue weighted by molar-refractivity contribution is -0.142. The number of dihydropyridines is 1. The summed E-state index contributed by atoms with van der Waals surface area (Å²) in [4.78, 5) is 27.8. The minimum Gasteiger partial charge on any atom is -0.459 e. The molecule has 31 heavy (non-hydrogen) atoms. The van der Waals surface area contributed by atoms with Gasteiger partial charge < -0.3 is 14.8 Å². The summed E-state index contributed by atoms with van der Waals surface area (Å²) in [5.74, 6) is -0.448. The number of esters is 1. The van der Waals surface area contributed by atoms with E-state index in [2.05, 4.69) is 16.8 Å². The van der Waals surface area contributed by atoms with Crippen LogP contribution in [0.15, 0.2) is 56.9 Å². The first kappa shape index (κ1) is 20.7. The van der Waals surface area contributed by atoms with Crippen molar-refractivity contribution in [2.45, 2.75) is 50.5 Å². The largest absolute Gasteiger partial charge is 0.459 e. The van der Waals surface area contributed by atoms with Gasteiger partial charge in [-0.05, 0) is 60.0 Å². The Balaban J connectivity index is 1.46. The Morgan fingerprint density at radius 2 is 2.19 bits per heavy atom. The molecule has 0 spiro atoms. The van der Waals surface area contributed by atoms with Crippen molar-refractivity contribution in [1.29, 1.82) is 0 Å². The van der Waals surface area contributed by atoms with Crippen LogP contribution in [0, 0.1) is 0 Å². The lowest BCUT2D eigenvalue weighted by Gasteiger charge is -2.36. The van der Waals surface area contributed by atoms with Crippen molar-refractivity contribution >= 4 is 34.4 Å². The van der Waals surface area contributed by atoms with Gasteiger partial charge in [0.2, 0.25) is 0 Å². The van der Waals surface area contributed by atoms with Crippen LogP contribution in [0.5, 0.6) is 0 Å². The maximum Gasteiger partial charge on any atom is 0.336 e. The number of hydrogen-bond donors (Lipinski definition) is 1. The Labute approximate surface area is 189 Å². The van der Waals surface area contributed by atoms with Crippen LogP contribution in [0.1, 0.15) is 54.9 Å². The number of rotatable bonds is 5. The van der Waals surface area contributed by atoms with Gasteiger partial charge in [-0.3, -0.25) is 4.79 Å². The van der Waals surface area contributed by atoms with Crippen molar-refractivity contribution in [1.82, 2.24) is 5.32 Å². The molecule has 0 aromatic carbocycles. The zero-order valence-corrected chi connectivity index (χ0v) is 19.0. The van der Waals surface area contributed by atoms with Gasteiger partial charge in [0.05, 0.1) is 11.7 Å². The van der Waals surface area contributed by atoms with Gasteiger partial charge in [-0.25, -0.2) is 4.79 Å². The Hall–Kier alpha value is -2.22. The highest BCUT2D eigenvalue weighted by molar-refractivity contribution is 7.10. The van der Waals surface area contributed by atoms with Gasteiger partial charge >= 0.3 is 5.97 Å². The summed E-state index contributed by atoms with van der Waals surface area (Å²) in [5.41, 5.74) is 3.95. The number of ether oxygens (including phenoxy) is 2. The average Bonchev–Trinajstić information content (AvgIpc) is 3.54. The minimum absolute atomic E-state index is 0.0290. The van der Waals surface area contributed by atoms with E-state index in [1.807, 2.05) is 29.8 Å². The lowest BCUT2D eigenvalue weighted by Crippen LogP contribution is -2.36. The molecule has 1 saturated heterocycles. The second-order valence-corrected chi connectivity index (χ2v) is 10.1. The van der Waals surface area contributed by atoms with E-state index in [1.165, 1.54) is 4.88 Å². The van der Waals surface area contributed by atoms with Crippen LogP contribution in [0.25, 0.3) is 0 Å². The first-order valence-corrected chi connectivity index (χ1v) is 12.5. The first-order valence-electron chi connectivity index (χ1n) is 10.7. The summed E-state index contributed by atoms with van der Waals surface area (Å²) < 4.78 is 11.3. The molecule has 0 saturated carbocycles. The number of thiophene rings is 2. The standard InChI is InChI=1S/C24H25NO4S2/c1-14-21(24(27)29-12-17-4-2-7-28-17)22(15-6-9-30-13-15)23-18(25-14)10-16(11-19(23)26)20-5-3-8-31-20/h3,5-6,8-9,13,16-17,22,25H,2,4,7,10-12H2,1H3/t16-,17+,22+/m1/s1. The van der Waals surface area contributed by atoms with Crippen molar-refractivity contribution in [3.63, 3.8) is 0 Å². The van der Waals surface area contributed by atoms with E-state index in [-0.39, 0.29) is 36.3 Å². The number of Topliss-reactive ketones (excluding diaryl/α,β-unsaturated/α-hetero) is 1. The van der Waals surface area contributed by atoms with Crippen molar-refractivity contribution < 1.29 is 19.1 Å². The molecule has 2 aromatic rings. The molecule has 7 heteroatoms. The van der Waals surface area contributed by atoms with Gasteiger partial charge in [-0.1, -0.05) is 6.07 Å². The fraction of sp³-hybridized carbons (Fsp3) is 0.417. The third-order valence-corrected chi connectivity index (χ3v) is 8.03. The van der Waals surface area contributed by atoms with E-state index in [9.17, 15) is 9.59 Å². The molecule has 0 bridgehead atoms. The number of hydrogen-bond acceptors (Lipinski definition) is 7. The molecule has 5 rings (SSSR count). The van der Waals surface area contributed by atoms with Crippen LogP contribution in [-0.4, -0.2) is 31.1 Å². The summed E-state index contributed by atoms with van der Waals surface area (Å²) in [7, 11) is 0. The number of ketones is 1. The number of carbonyl (C=O) groups excluding carboxylic acids is 2. The van der Waals surface area contributed by atoms with Gasteiger partial charge in [-0.2, -0.15) is 11.3 Å². The zero-order chi connectivity index (χ0) is 21.4. The normalized spacial score (nSPS) is 26.1. The van der Waals surface area contributed by atoms with Crippen molar-refractivity contribution in [2.75, 3.05) is 13.2 Å². The van der Waals surface area contributed by atoms with Gasteiger partial charge in [0, 0.05) is 46.7 Å². The summed E-state index contributed by atoms with van der Waals surface area (Å²) >= 11 is 3.27. The molecule has 1 N–H and O–H groups in total. The van der Waals surface area contributed by atoms with Crippen molar-refractivity contribution in [3.8, 4) is 0 Å². The minimum atomic E-state index is -0.378. The van der Waals surface area contributed by atoms with Crippen LogP contribution < -0.4 is 5.32 Å². The first-order chi connectivity index (χ1) is 15.1. The molecule has 0 radical (unpaired) electrons. The quantitative estimate of drug-likeness (QED) is 0.650. The molecular formula is C24H25NO4S2. The smallest absolute Gasteiger partial charge is 0.336 e. The monoisotopic (exact) mass is 455 g/mol. The van der Waals surface area contributed by atoms with Gasteiger partial charge in [-0.15, -0.1) is 11.3 Å². The lowest BCUT2D eigenvalue weighted by atomic mass is 9.73. The predicted molar refractivity (Wildman–Crippen MR) is 121 cm³/mol. The maximum atomic E-state index is 13.4. The van der Waals surface area contributed by atoms with E-state index in [1.54, 1.807) is 22.7 Å². The van der Waals surface area contributed by atoms with Crippen LogP contribution in [-0.2, 0) is 19.1 Å². The molecule has 0 unspecified atom stereocenters. The Kier molecular flexibility index (Phi) is 5.82. The average molecular weight is 456 g/mol. The molecule has 5 nitrogen and oxygen atoms in total. The van der Waals surface area contributed by atoms with Crippen LogP contribution in [0.4, 0.5) is 0 Å². The fourth-order valence-electron chi connectivity index (χ4n) is 4.83. The van der Waals surface area contributed by atoms with E-state index in [0.717, 1.165) is 48.4 Å². The van der Waals surface area contributed by atoms with E-state index >= 15 is 0 Å². The highest BCUT2D eigenvalue weighted by Crippen LogP contribution is 2.46. The van der Waals surface area contributed by atoms with Crippen molar-refractivity contribution in [3.05, 3.63) is 67.3 Å². The number of allylic oxidation sites excluding steroid dienone is 3. The summed E-state index contributed by atoms with van der Waals surface area (Å²) in [6.45, 7) is 2.89. The second kappa shape index (κ2) is 8.73. The van der Waals surface area contributed by atoms with Crippen LogP contribution in [0.3, 0.4) is 0 Å². The molecule has 1 fully saturated rings. The fourth-order valence-corrected chi connectivity index (χ4v) is 6.35. The highest BCUT2D eigenvalue weighted by atomic mass is 32.1. The molecule has 3 atom stereocenters. The summed E-state index contributed by atoms with van der Waals surface area (Å²) in [5, 5.41) is 9.48. The second-order valence-electron chi connectivity index (χ2n) is 8.32. The molecule has 162 valence electrons. The Morgan fingerprint density at radius 3 is 2.90 bits per heavy atom. The maximum absolute atomic E-state index is 13.4. The van der Waals surface area contributed by atoms with Crippen LogP contribution >= 0.6 is 22.7 Å². The SMILES string of the molecule is CC1=C(C(=O)OC[C@@H]2CCCO2)[C@H](c2ccsc2)C2=C(C[C@@H](c3cccs3)CC2=O)N1. The van der Waals surface area contributed by atoms with E-state index in [4.69, 9.17) is 9.47 Å². The number of carbonyl (C=O) groups is 2. The molecule has 2 aliphatic heterocycles. The third kappa shape index (κ3) is 4.02.